The molecule has 0 amide bonds. The molecule has 1 N–H and O–H groups in total. The molecule has 1 aliphatic carbocycles. The van der Waals surface area contributed by atoms with Crippen LogP contribution in [0, 0.1) is 17.6 Å². The van der Waals surface area contributed by atoms with Crippen LogP contribution in [0.3, 0.4) is 0 Å². The fraction of sp³-hybridized carbons (Fsp3) is 0.538. The Balaban J connectivity index is 2.16. The van der Waals surface area contributed by atoms with E-state index < -0.39 is 11.6 Å². The molecule has 1 aliphatic rings. The maximum Gasteiger partial charge on any atom is 0.129 e. The van der Waals surface area contributed by atoms with Gasteiger partial charge in [-0.3, -0.25) is 0 Å². The Morgan fingerprint density at radius 1 is 1.31 bits per heavy atom. The molecule has 1 fully saturated rings. The maximum absolute atomic E-state index is 13.5. The zero-order chi connectivity index (χ0) is 11.7. The molecular weight excluding hydrogens is 208 g/mol. The van der Waals surface area contributed by atoms with E-state index in [-0.39, 0.29) is 11.5 Å². The molecule has 1 saturated carbocycles. The van der Waals surface area contributed by atoms with Crippen LogP contribution in [0.4, 0.5) is 8.78 Å². The highest BCUT2D eigenvalue weighted by Crippen LogP contribution is 2.44. The number of halogens is 2. The van der Waals surface area contributed by atoms with Crippen LogP contribution in [0.15, 0.2) is 18.2 Å². The lowest BCUT2D eigenvalue weighted by atomic mass is 9.67. The lowest BCUT2D eigenvalue weighted by Crippen LogP contribution is -2.48. The summed E-state index contributed by atoms with van der Waals surface area (Å²) < 4.78 is 27.1. The van der Waals surface area contributed by atoms with Crippen LogP contribution in [0.2, 0.25) is 0 Å². The lowest BCUT2D eigenvalue weighted by molar-refractivity contribution is 0.179. The first-order valence-electron chi connectivity index (χ1n) is 5.82. The Labute approximate surface area is 94.9 Å². The third kappa shape index (κ3) is 1.84. The van der Waals surface area contributed by atoms with Crippen molar-refractivity contribution in [3.05, 3.63) is 35.4 Å². The third-order valence-electron chi connectivity index (χ3n) is 3.61. The van der Waals surface area contributed by atoms with Crippen molar-refractivity contribution in [1.82, 2.24) is 5.32 Å². The van der Waals surface area contributed by atoms with Gasteiger partial charge in [-0.2, -0.15) is 0 Å². The van der Waals surface area contributed by atoms with Gasteiger partial charge in [0.2, 0.25) is 0 Å². The molecule has 0 aliphatic heterocycles. The van der Waals surface area contributed by atoms with Crippen LogP contribution < -0.4 is 5.32 Å². The topological polar surface area (TPSA) is 12.0 Å². The Morgan fingerprint density at radius 2 is 1.94 bits per heavy atom. The van der Waals surface area contributed by atoms with Crippen LogP contribution in [0.1, 0.15) is 31.7 Å². The van der Waals surface area contributed by atoms with E-state index in [0.717, 1.165) is 13.0 Å². The first kappa shape index (κ1) is 11.5. The zero-order valence-electron chi connectivity index (χ0n) is 9.63. The molecule has 1 nitrogen and oxygen atoms in total. The van der Waals surface area contributed by atoms with Gasteiger partial charge >= 0.3 is 0 Å². The summed E-state index contributed by atoms with van der Waals surface area (Å²) in [5.41, 5.74) is 0.268. The van der Waals surface area contributed by atoms with Crippen molar-refractivity contribution in [1.29, 1.82) is 0 Å². The summed E-state index contributed by atoms with van der Waals surface area (Å²) in [6, 6.07) is 4.49. The molecule has 3 unspecified atom stereocenters. The van der Waals surface area contributed by atoms with E-state index in [0.29, 0.717) is 12.0 Å². The molecule has 0 bridgehead atoms. The predicted molar refractivity (Wildman–Crippen MR) is 60.3 cm³/mol. The second-order valence-corrected chi connectivity index (χ2v) is 4.50. The van der Waals surface area contributed by atoms with Crippen molar-refractivity contribution in [2.75, 3.05) is 6.54 Å². The average molecular weight is 225 g/mol. The predicted octanol–water partition coefficient (Wildman–Crippen LogP) is 3.07. The van der Waals surface area contributed by atoms with Crippen molar-refractivity contribution in [2.24, 2.45) is 5.92 Å². The van der Waals surface area contributed by atoms with Crippen LogP contribution in [-0.4, -0.2) is 12.6 Å². The fourth-order valence-electron chi connectivity index (χ4n) is 2.56. The summed E-state index contributed by atoms with van der Waals surface area (Å²) in [5.74, 6) is -0.504. The first-order chi connectivity index (χ1) is 7.65. The molecule has 0 saturated heterocycles. The molecule has 88 valence electrons. The number of benzene rings is 1. The minimum absolute atomic E-state index is 0.0187. The summed E-state index contributed by atoms with van der Waals surface area (Å²) >= 11 is 0. The van der Waals surface area contributed by atoms with Gasteiger partial charge in [-0.05, 0) is 36.9 Å². The summed E-state index contributed by atoms with van der Waals surface area (Å²) in [6.07, 6.45) is 0.826. The SMILES string of the molecule is CCNC1CC(c2c(F)cccc2F)C1C. The molecule has 16 heavy (non-hydrogen) atoms. The van der Waals surface area contributed by atoms with Crippen LogP contribution in [0.5, 0.6) is 0 Å². The molecule has 3 atom stereocenters. The van der Waals surface area contributed by atoms with Crippen LogP contribution in [-0.2, 0) is 0 Å². The molecule has 0 radical (unpaired) electrons. The van der Waals surface area contributed by atoms with Crippen molar-refractivity contribution in [3.8, 4) is 0 Å². The number of hydrogen-bond acceptors (Lipinski definition) is 1. The monoisotopic (exact) mass is 225 g/mol. The summed E-state index contributed by atoms with van der Waals surface area (Å²) in [7, 11) is 0. The first-order valence-corrected chi connectivity index (χ1v) is 5.82. The minimum atomic E-state index is -0.410. The molecular formula is C13H17F2N. The Morgan fingerprint density at radius 3 is 2.44 bits per heavy atom. The van der Waals surface area contributed by atoms with E-state index in [1.165, 1.54) is 18.2 Å². The van der Waals surface area contributed by atoms with Crippen molar-refractivity contribution >= 4 is 0 Å². The quantitative estimate of drug-likeness (QED) is 0.833. The summed E-state index contributed by atoms with van der Waals surface area (Å²) in [4.78, 5) is 0. The highest BCUT2D eigenvalue weighted by atomic mass is 19.1. The number of rotatable bonds is 3. The van der Waals surface area contributed by atoms with Gasteiger partial charge in [0.1, 0.15) is 11.6 Å². The van der Waals surface area contributed by atoms with Gasteiger partial charge in [-0.15, -0.1) is 0 Å². The third-order valence-corrected chi connectivity index (χ3v) is 3.61. The Kier molecular flexibility index (Phi) is 3.24. The van der Waals surface area contributed by atoms with Gasteiger partial charge in [0, 0.05) is 11.6 Å². The van der Waals surface area contributed by atoms with Gasteiger partial charge in [0.15, 0.2) is 0 Å². The van der Waals surface area contributed by atoms with E-state index >= 15 is 0 Å². The van der Waals surface area contributed by atoms with Crippen molar-refractivity contribution < 1.29 is 8.78 Å². The molecule has 2 rings (SSSR count). The normalized spacial score (nSPS) is 28.9. The van der Waals surface area contributed by atoms with Gasteiger partial charge in [-0.1, -0.05) is 19.9 Å². The van der Waals surface area contributed by atoms with E-state index in [4.69, 9.17) is 0 Å². The molecule has 0 heterocycles. The smallest absolute Gasteiger partial charge is 0.129 e. The maximum atomic E-state index is 13.5. The van der Waals surface area contributed by atoms with Crippen molar-refractivity contribution in [3.63, 3.8) is 0 Å². The zero-order valence-corrected chi connectivity index (χ0v) is 9.63. The number of hydrogen-bond donors (Lipinski definition) is 1. The Hall–Kier alpha value is -0.960. The second kappa shape index (κ2) is 4.50. The van der Waals surface area contributed by atoms with Crippen LogP contribution >= 0.6 is 0 Å². The standard InChI is InChI=1S/C13H17F2N/c1-3-16-12-7-9(8(12)2)13-10(14)5-4-6-11(13)15/h4-6,8-9,12,16H,3,7H2,1-2H3. The Bertz CT molecular complexity index is 358. The van der Waals surface area contributed by atoms with E-state index in [1.807, 2.05) is 13.8 Å². The fourth-order valence-corrected chi connectivity index (χ4v) is 2.56. The van der Waals surface area contributed by atoms with E-state index in [9.17, 15) is 8.78 Å². The van der Waals surface area contributed by atoms with E-state index in [2.05, 4.69) is 5.32 Å². The molecule has 0 aromatic heterocycles. The second-order valence-electron chi connectivity index (χ2n) is 4.50. The summed E-state index contributed by atoms with van der Waals surface area (Å²) in [6.45, 7) is 5.00. The largest absolute Gasteiger partial charge is 0.314 e. The molecule has 1 aromatic rings. The van der Waals surface area contributed by atoms with Gasteiger partial charge in [0.05, 0.1) is 0 Å². The average Bonchev–Trinajstić information content (AvgIpc) is 2.26. The van der Waals surface area contributed by atoms with Gasteiger partial charge in [-0.25, -0.2) is 8.78 Å². The van der Waals surface area contributed by atoms with Gasteiger partial charge in [0.25, 0.3) is 0 Å². The van der Waals surface area contributed by atoms with Gasteiger partial charge < -0.3 is 5.32 Å². The molecule has 3 heteroatoms. The van der Waals surface area contributed by atoms with Crippen LogP contribution in [0.25, 0.3) is 0 Å². The highest BCUT2D eigenvalue weighted by molar-refractivity contribution is 5.27. The number of nitrogens with one attached hydrogen (secondary N) is 1. The highest BCUT2D eigenvalue weighted by Gasteiger charge is 2.40. The minimum Gasteiger partial charge on any atom is -0.314 e. The molecule has 1 aromatic carbocycles. The van der Waals surface area contributed by atoms with Crippen molar-refractivity contribution in [2.45, 2.75) is 32.2 Å². The summed E-state index contributed by atoms with van der Waals surface area (Å²) in [5, 5.41) is 3.33. The molecule has 0 spiro atoms. The van der Waals surface area contributed by atoms with E-state index in [1.54, 1.807) is 0 Å². The lowest BCUT2D eigenvalue weighted by Gasteiger charge is -2.43.